The van der Waals surface area contributed by atoms with Crippen molar-refractivity contribution in [2.45, 2.75) is 0 Å². The van der Waals surface area contributed by atoms with Gasteiger partial charge in [-0.3, -0.25) is 0 Å². The van der Waals surface area contributed by atoms with E-state index in [0.29, 0.717) is 0 Å². The highest BCUT2D eigenvalue weighted by Crippen LogP contribution is 2.26. The quantitative estimate of drug-likeness (QED) is 0.567. The van der Waals surface area contributed by atoms with Gasteiger partial charge in [0.1, 0.15) is 0 Å². The molecule has 0 saturated carbocycles. The third kappa shape index (κ3) is 1.66. The fraction of sp³-hybridized carbons (Fsp3) is 0.0769. The number of aryl methyl sites for hydroxylation is 1. The maximum absolute atomic E-state index is 2.24. The molecule has 0 aliphatic carbocycles. The normalized spacial score (nSPS) is 9.81. The number of nitrogens with zero attached hydrogens (tertiary/aromatic N) is 1. The minimum absolute atomic E-state index is 0. The molecule has 0 amide bonds. The zero-order valence-corrected chi connectivity index (χ0v) is 10.5. The second kappa shape index (κ2) is 4.77. The molecule has 3 heteroatoms. The van der Waals surface area contributed by atoms with Gasteiger partial charge in [0.2, 0.25) is 0 Å². The van der Waals surface area contributed by atoms with E-state index in [9.17, 15) is 0 Å². The average molecular weight is 254 g/mol. The van der Waals surface area contributed by atoms with Gasteiger partial charge < -0.3 is 4.57 Å². The van der Waals surface area contributed by atoms with E-state index >= 15 is 0 Å². The smallest absolute Gasteiger partial charge is 0.0488 e. The van der Waals surface area contributed by atoms with E-state index in [1.54, 1.807) is 0 Å². The van der Waals surface area contributed by atoms with Crippen molar-refractivity contribution < 1.29 is 0 Å². The number of halogens is 2. The maximum atomic E-state index is 2.24. The molecule has 0 fully saturated rings. The van der Waals surface area contributed by atoms with Crippen LogP contribution in [0.1, 0.15) is 0 Å². The zero-order chi connectivity index (χ0) is 9.54. The molecular formula is C13H13Cl2N. The van der Waals surface area contributed by atoms with Gasteiger partial charge in [-0.1, -0.05) is 36.4 Å². The van der Waals surface area contributed by atoms with E-state index < -0.39 is 0 Å². The van der Waals surface area contributed by atoms with Crippen LogP contribution in [0.15, 0.2) is 48.5 Å². The van der Waals surface area contributed by atoms with E-state index in [1.807, 2.05) is 0 Å². The summed E-state index contributed by atoms with van der Waals surface area (Å²) in [5, 5.41) is 2.68. The van der Waals surface area contributed by atoms with Crippen LogP contribution in [0, 0.1) is 0 Å². The molecule has 0 saturated heterocycles. The predicted molar refractivity (Wildman–Crippen MR) is 74.9 cm³/mol. The van der Waals surface area contributed by atoms with Gasteiger partial charge in [0.05, 0.1) is 0 Å². The molecule has 0 aliphatic heterocycles. The lowest BCUT2D eigenvalue weighted by atomic mass is 10.2. The van der Waals surface area contributed by atoms with Crippen molar-refractivity contribution in [1.29, 1.82) is 0 Å². The molecule has 3 aromatic rings. The first-order chi connectivity index (χ1) is 6.88. The first-order valence-corrected chi connectivity index (χ1v) is 4.80. The molecular weight excluding hydrogens is 241 g/mol. The number of aromatic nitrogens is 1. The summed E-state index contributed by atoms with van der Waals surface area (Å²) in [4.78, 5) is 0. The largest absolute Gasteiger partial charge is 0.344 e. The minimum Gasteiger partial charge on any atom is -0.344 e. The number of hydrogen-bond donors (Lipinski definition) is 0. The van der Waals surface area contributed by atoms with Crippen molar-refractivity contribution in [1.82, 2.24) is 4.57 Å². The number of benzene rings is 2. The lowest BCUT2D eigenvalue weighted by Crippen LogP contribution is -1.84. The Kier molecular flexibility index (Phi) is 3.84. The van der Waals surface area contributed by atoms with Crippen molar-refractivity contribution >= 4 is 46.6 Å². The predicted octanol–water partition coefficient (Wildman–Crippen LogP) is 4.18. The Labute approximate surface area is 107 Å². The SMILES string of the molecule is Cl.Cl.Cn1c2ccccc2c2ccccc21. The van der Waals surface area contributed by atoms with Crippen LogP contribution in [0.3, 0.4) is 0 Å². The Hall–Kier alpha value is -1.18. The molecule has 3 rings (SSSR count). The molecule has 0 atom stereocenters. The molecule has 0 radical (unpaired) electrons. The second-order valence-electron chi connectivity index (χ2n) is 3.59. The van der Waals surface area contributed by atoms with Crippen LogP contribution in [-0.2, 0) is 7.05 Å². The highest BCUT2D eigenvalue weighted by atomic mass is 35.5. The van der Waals surface area contributed by atoms with Crippen molar-refractivity contribution in [2.75, 3.05) is 0 Å². The molecule has 0 aliphatic rings. The summed E-state index contributed by atoms with van der Waals surface area (Å²) in [6, 6.07) is 17.0. The van der Waals surface area contributed by atoms with Crippen LogP contribution in [0.5, 0.6) is 0 Å². The Morgan fingerprint density at radius 1 is 0.688 bits per heavy atom. The summed E-state index contributed by atoms with van der Waals surface area (Å²) >= 11 is 0. The topological polar surface area (TPSA) is 4.93 Å². The number of fused-ring (bicyclic) bond motifs is 3. The number of hydrogen-bond acceptors (Lipinski definition) is 0. The Morgan fingerprint density at radius 2 is 1.06 bits per heavy atom. The first-order valence-electron chi connectivity index (χ1n) is 4.80. The number of rotatable bonds is 0. The highest BCUT2D eigenvalue weighted by Gasteiger charge is 2.04. The first kappa shape index (κ1) is 12.9. The maximum Gasteiger partial charge on any atom is 0.0488 e. The molecule has 0 bridgehead atoms. The molecule has 1 aromatic heterocycles. The van der Waals surface area contributed by atoms with Gasteiger partial charge in [0.25, 0.3) is 0 Å². The van der Waals surface area contributed by atoms with Crippen LogP contribution in [0.2, 0.25) is 0 Å². The van der Waals surface area contributed by atoms with E-state index in [4.69, 9.17) is 0 Å². The fourth-order valence-electron chi connectivity index (χ4n) is 2.12. The fourth-order valence-corrected chi connectivity index (χ4v) is 2.12. The van der Waals surface area contributed by atoms with E-state index in [-0.39, 0.29) is 24.8 Å². The molecule has 1 nitrogen and oxygen atoms in total. The molecule has 1 heterocycles. The molecule has 16 heavy (non-hydrogen) atoms. The van der Waals surface area contributed by atoms with Crippen molar-refractivity contribution in [2.24, 2.45) is 7.05 Å². The van der Waals surface area contributed by atoms with Gasteiger partial charge >= 0.3 is 0 Å². The van der Waals surface area contributed by atoms with Crippen molar-refractivity contribution in [3.8, 4) is 0 Å². The lowest BCUT2D eigenvalue weighted by molar-refractivity contribution is 1.01. The standard InChI is InChI=1S/C13H11N.2ClH/c1-14-12-8-4-2-6-10(12)11-7-3-5-9-13(11)14;;/h2-9H,1H3;2*1H. The summed E-state index contributed by atoms with van der Waals surface area (Å²) in [5.41, 5.74) is 2.60. The van der Waals surface area contributed by atoms with Crippen LogP contribution in [-0.4, -0.2) is 4.57 Å². The zero-order valence-electron chi connectivity index (χ0n) is 8.88. The summed E-state index contributed by atoms with van der Waals surface area (Å²) in [5.74, 6) is 0. The van der Waals surface area contributed by atoms with Crippen LogP contribution in [0.25, 0.3) is 21.8 Å². The monoisotopic (exact) mass is 253 g/mol. The molecule has 0 N–H and O–H groups in total. The van der Waals surface area contributed by atoms with E-state index in [1.165, 1.54) is 21.8 Å². The van der Waals surface area contributed by atoms with Crippen LogP contribution >= 0.6 is 24.8 Å². The van der Waals surface area contributed by atoms with Crippen LogP contribution < -0.4 is 0 Å². The average Bonchev–Trinajstić information content (AvgIpc) is 2.55. The minimum atomic E-state index is 0. The van der Waals surface area contributed by atoms with E-state index in [2.05, 4.69) is 60.1 Å². The van der Waals surface area contributed by atoms with Gasteiger partial charge in [-0.2, -0.15) is 0 Å². The van der Waals surface area contributed by atoms with Crippen molar-refractivity contribution in [3.63, 3.8) is 0 Å². The Morgan fingerprint density at radius 3 is 1.50 bits per heavy atom. The van der Waals surface area contributed by atoms with Gasteiger partial charge in [-0.15, -0.1) is 24.8 Å². The number of para-hydroxylation sites is 2. The molecule has 0 unspecified atom stereocenters. The van der Waals surface area contributed by atoms with Gasteiger partial charge in [-0.25, -0.2) is 0 Å². The summed E-state index contributed by atoms with van der Waals surface area (Å²) in [6.07, 6.45) is 0. The van der Waals surface area contributed by atoms with Crippen LogP contribution in [0.4, 0.5) is 0 Å². The van der Waals surface area contributed by atoms with Crippen molar-refractivity contribution in [3.05, 3.63) is 48.5 Å². The molecule has 0 spiro atoms. The Balaban J connectivity index is 0.000000640. The Bertz CT molecular complexity index is 560. The summed E-state index contributed by atoms with van der Waals surface area (Å²) in [6.45, 7) is 0. The van der Waals surface area contributed by atoms with E-state index in [0.717, 1.165) is 0 Å². The van der Waals surface area contributed by atoms with Gasteiger partial charge in [0.15, 0.2) is 0 Å². The second-order valence-corrected chi connectivity index (χ2v) is 3.59. The summed E-state index contributed by atoms with van der Waals surface area (Å²) in [7, 11) is 2.12. The third-order valence-corrected chi connectivity index (χ3v) is 2.82. The van der Waals surface area contributed by atoms with Gasteiger partial charge in [-0.05, 0) is 12.1 Å². The highest BCUT2D eigenvalue weighted by molar-refractivity contribution is 6.07. The lowest BCUT2D eigenvalue weighted by Gasteiger charge is -1.95. The molecule has 84 valence electrons. The summed E-state index contributed by atoms with van der Waals surface area (Å²) < 4.78 is 2.24. The third-order valence-electron chi connectivity index (χ3n) is 2.82. The van der Waals surface area contributed by atoms with Gasteiger partial charge in [0, 0.05) is 28.9 Å². The molecule has 2 aromatic carbocycles.